The van der Waals surface area contributed by atoms with E-state index < -0.39 is 0 Å². The van der Waals surface area contributed by atoms with Gasteiger partial charge >= 0.3 is 0 Å². The fraction of sp³-hybridized carbons (Fsp3) is 0.579. The average molecular weight is 458 g/mol. The molecule has 1 saturated heterocycles. The molecule has 140 valence electrons. The molecule has 2 rings (SSSR count). The first-order valence-corrected chi connectivity index (χ1v) is 8.72. The Labute approximate surface area is 168 Å². The van der Waals surface area contributed by atoms with Crippen molar-refractivity contribution in [2.24, 2.45) is 16.6 Å². The summed E-state index contributed by atoms with van der Waals surface area (Å²) in [5, 5.41) is 3.51. The number of piperidine rings is 1. The Morgan fingerprint density at radius 3 is 2.64 bits per heavy atom. The van der Waals surface area contributed by atoms with Gasteiger partial charge in [0.2, 0.25) is 5.91 Å². The number of hydrogen-bond acceptors (Lipinski definition) is 2. The van der Waals surface area contributed by atoms with E-state index in [4.69, 9.17) is 5.73 Å². The Morgan fingerprint density at radius 2 is 2.04 bits per heavy atom. The van der Waals surface area contributed by atoms with Crippen LogP contribution in [0.2, 0.25) is 0 Å². The number of carbonyl (C=O) groups is 1. The zero-order valence-corrected chi connectivity index (χ0v) is 17.8. The quantitative estimate of drug-likeness (QED) is 0.405. The van der Waals surface area contributed by atoms with Crippen LogP contribution in [0.4, 0.5) is 0 Å². The van der Waals surface area contributed by atoms with Crippen LogP contribution in [0.1, 0.15) is 38.7 Å². The van der Waals surface area contributed by atoms with Gasteiger partial charge < -0.3 is 16.0 Å². The van der Waals surface area contributed by atoms with Crippen LogP contribution in [-0.4, -0.2) is 43.4 Å². The van der Waals surface area contributed by atoms with Crippen molar-refractivity contribution in [2.45, 2.75) is 38.5 Å². The minimum atomic E-state index is -0.213. The lowest BCUT2D eigenvalue weighted by atomic mass is 9.84. The van der Waals surface area contributed by atoms with Crippen LogP contribution >= 0.6 is 24.0 Å². The Kier molecular flexibility index (Phi) is 8.68. The molecule has 0 radical (unpaired) electrons. The van der Waals surface area contributed by atoms with Crippen molar-refractivity contribution in [3.63, 3.8) is 0 Å². The van der Waals surface area contributed by atoms with Crippen LogP contribution in [0.3, 0.4) is 0 Å². The van der Waals surface area contributed by atoms with Crippen molar-refractivity contribution < 1.29 is 4.79 Å². The van der Waals surface area contributed by atoms with Gasteiger partial charge in [-0.3, -0.25) is 9.79 Å². The summed E-state index contributed by atoms with van der Waals surface area (Å²) in [7, 11) is 1.82. The van der Waals surface area contributed by atoms with E-state index in [1.165, 1.54) is 5.56 Å². The fourth-order valence-corrected chi connectivity index (χ4v) is 3.33. The lowest BCUT2D eigenvalue weighted by molar-refractivity contribution is -0.119. The van der Waals surface area contributed by atoms with Crippen LogP contribution in [0, 0.1) is 5.92 Å². The number of nitrogens with one attached hydrogen (secondary N) is 1. The third-order valence-corrected chi connectivity index (χ3v) is 4.76. The summed E-state index contributed by atoms with van der Waals surface area (Å²) in [6.45, 7) is 7.08. The van der Waals surface area contributed by atoms with Crippen molar-refractivity contribution in [1.29, 1.82) is 0 Å². The predicted octanol–water partition coefficient (Wildman–Crippen LogP) is 2.75. The van der Waals surface area contributed by atoms with E-state index in [2.05, 4.69) is 53.3 Å². The number of rotatable bonds is 5. The molecule has 1 fully saturated rings. The summed E-state index contributed by atoms with van der Waals surface area (Å²) in [5.74, 6) is 1.03. The first-order chi connectivity index (χ1) is 11.4. The third kappa shape index (κ3) is 6.49. The number of carbonyl (C=O) groups excluding carboxylic acids is 1. The van der Waals surface area contributed by atoms with E-state index >= 15 is 0 Å². The van der Waals surface area contributed by atoms with Gasteiger partial charge in [-0.1, -0.05) is 44.2 Å². The lowest BCUT2D eigenvalue weighted by Crippen LogP contribution is -2.49. The maximum Gasteiger partial charge on any atom is 0.217 e. The fourth-order valence-electron chi connectivity index (χ4n) is 3.33. The predicted molar refractivity (Wildman–Crippen MR) is 114 cm³/mol. The monoisotopic (exact) mass is 458 g/mol. The minimum absolute atomic E-state index is 0. The molecule has 1 heterocycles. The first-order valence-electron chi connectivity index (χ1n) is 8.72. The topological polar surface area (TPSA) is 70.7 Å². The van der Waals surface area contributed by atoms with E-state index in [1.54, 1.807) is 0 Å². The molecule has 1 amide bonds. The Morgan fingerprint density at radius 1 is 1.36 bits per heavy atom. The maximum absolute atomic E-state index is 11.2. The van der Waals surface area contributed by atoms with Gasteiger partial charge in [-0.25, -0.2) is 0 Å². The smallest absolute Gasteiger partial charge is 0.217 e. The average Bonchev–Trinajstić information content (AvgIpc) is 2.56. The number of aliphatic imine (C=N–C) groups is 1. The standard InChI is InChI=1S/C19H30N4O.HI/c1-19(2,16-9-5-4-6-10-16)14-22-18(21-3)23-11-7-8-15(13-23)12-17(20)24;/h4-6,9-10,15H,7-8,11-14H2,1-3H3,(H2,20,24)(H,21,22);1H. The van der Waals surface area contributed by atoms with Crippen molar-refractivity contribution >= 4 is 35.8 Å². The van der Waals surface area contributed by atoms with Crippen LogP contribution in [0.25, 0.3) is 0 Å². The molecule has 0 aliphatic carbocycles. The van der Waals surface area contributed by atoms with Crippen LogP contribution in [0.5, 0.6) is 0 Å². The van der Waals surface area contributed by atoms with E-state index in [9.17, 15) is 4.79 Å². The molecular weight excluding hydrogens is 427 g/mol. The molecule has 3 N–H and O–H groups in total. The number of likely N-dealkylation sites (tertiary alicyclic amines) is 1. The first kappa shape index (κ1) is 21.7. The van der Waals surface area contributed by atoms with Crippen LogP contribution in [-0.2, 0) is 10.2 Å². The SMILES string of the molecule is CN=C(NCC(C)(C)c1ccccc1)N1CCCC(CC(N)=O)C1.I. The zero-order valence-electron chi connectivity index (χ0n) is 15.5. The van der Waals surface area contributed by atoms with Crippen molar-refractivity contribution in [3.05, 3.63) is 35.9 Å². The van der Waals surface area contributed by atoms with Crippen molar-refractivity contribution in [3.8, 4) is 0 Å². The molecule has 6 heteroatoms. The molecule has 1 atom stereocenters. The molecule has 0 aromatic heterocycles. The second-order valence-corrected chi connectivity index (χ2v) is 7.28. The van der Waals surface area contributed by atoms with Gasteiger partial charge in [0, 0.05) is 38.5 Å². The summed E-state index contributed by atoms with van der Waals surface area (Å²) in [6, 6.07) is 10.5. The van der Waals surface area contributed by atoms with Gasteiger partial charge in [0.1, 0.15) is 0 Å². The van der Waals surface area contributed by atoms with E-state index in [1.807, 2.05) is 13.1 Å². The Bertz CT molecular complexity index is 574. The van der Waals surface area contributed by atoms with Crippen molar-refractivity contribution in [1.82, 2.24) is 10.2 Å². The van der Waals surface area contributed by atoms with Gasteiger partial charge in [-0.2, -0.15) is 0 Å². The normalized spacial score (nSPS) is 18.4. The summed E-state index contributed by atoms with van der Waals surface area (Å²) in [4.78, 5) is 17.9. The molecule has 1 unspecified atom stereocenters. The number of guanidine groups is 1. The molecule has 1 aliphatic rings. The van der Waals surface area contributed by atoms with Gasteiger partial charge in [-0.05, 0) is 24.3 Å². The zero-order chi connectivity index (χ0) is 17.6. The molecule has 1 aromatic rings. The Balaban J connectivity index is 0.00000312. The number of primary amides is 1. The molecule has 0 saturated carbocycles. The summed E-state index contributed by atoms with van der Waals surface area (Å²) >= 11 is 0. The van der Waals surface area contributed by atoms with E-state index in [0.717, 1.165) is 38.4 Å². The number of hydrogen-bond donors (Lipinski definition) is 2. The summed E-state index contributed by atoms with van der Waals surface area (Å²) in [6.07, 6.45) is 2.59. The lowest BCUT2D eigenvalue weighted by Gasteiger charge is -2.36. The number of nitrogens with two attached hydrogens (primary N) is 1. The molecule has 5 nitrogen and oxygen atoms in total. The summed E-state index contributed by atoms with van der Waals surface area (Å²) < 4.78 is 0. The molecule has 25 heavy (non-hydrogen) atoms. The second-order valence-electron chi connectivity index (χ2n) is 7.28. The van der Waals surface area contributed by atoms with Crippen LogP contribution in [0.15, 0.2) is 35.3 Å². The largest absolute Gasteiger partial charge is 0.370 e. The molecule has 1 aliphatic heterocycles. The van der Waals surface area contributed by atoms with Crippen LogP contribution < -0.4 is 11.1 Å². The van der Waals surface area contributed by atoms with Gasteiger partial charge in [-0.15, -0.1) is 24.0 Å². The number of amides is 1. The molecule has 1 aromatic carbocycles. The van der Waals surface area contributed by atoms with E-state index in [-0.39, 0.29) is 35.3 Å². The van der Waals surface area contributed by atoms with Crippen molar-refractivity contribution in [2.75, 3.05) is 26.7 Å². The second kappa shape index (κ2) is 9.99. The van der Waals surface area contributed by atoms with E-state index in [0.29, 0.717) is 12.3 Å². The van der Waals surface area contributed by atoms with Gasteiger partial charge in [0.15, 0.2) is 5.96 Å². The summed E-state index contributed by atoms with van der Waals surface area (Å²) in [5.41, 5.74) is 6.67. The highest BCUT2D eigenvalue weighted by molar-refractivity contribution is 14.0. The Hall–Kier alpha value is -1.31. The maximum atomic E-state index is 11.2. The van der Waals surface area contributed by atoms with Gasteiger partial charge in [0.05, 0.1) is 0 Å². The third-order valence-electron chi connectivity index (χ3n) is 4.76. The molecule has 0 spiro atoms. The minimum Gasteiger partial charge on any atom is -0.370 e. The highest BCUT2D eigenvalue weighted by atomic mass is 127. The highest BCUT2D eigenvalue weighted by Gasteiger charge is 2.25. The number of nitrogens with zero attached hydrogens (tertiary/aromatic N) is 2. The highest BCUT2D eigenvalue weighted by Crippen LogP contribution is 2.23. The van der Waals surface area contributed by atoms with Gasteiger partial charge in [0.25, 0.3) is 0 Å². The number of benzene rings is 1. The molecular formula is C19H31IN4O. The molecule has 0 bridgehead atoms. The number of halogens is 1.